The lowest BCUT2D eigenvalue weighted by Crippen LogP contribution is -2.36. The Balaban J connectivity index is 2.88. The minimum atomic E-state index is -2.03. The van der Waals surface area contributed by atoms with E-state index in [2.05, 4.69) is 5.43 Å². The summed E-state index contributed by atoms with van der Waals surface area (Å²) in [6, 6.07) is 8.92. The Morgan fingerprint density at radius 1 is 1.42 bits per heavy atom. The van der Waals surface area contributed by atoms with Gasteiger partial charge in [-0.05, 0) is 12.1 Å². The Hall–Kier alpha value is -0.910. The topological polar surface area (TPSA) is 52.6 Å². The quantitative estimate of drug-likeness (QED) is 0.541. The molecule has 0 heterocycles. The summed E-state index contributed by atoms with van der Waals surface area (Å²) in [4.78, 5) is 0. The summed E-state index contributed by atoms with van der Waals surface area (Å²) in [5.41, 5.74) is 3.25. The Labute approximate surface area is 73.6 Å². The molecule has 0 radical (unpaired) electrons. The lowest BCUT2D eigenvalue weighted by molar-refractivity contribution is 0.553. The third-order valence-corrected chi connectivity index (χ3v) is 2.06. The highest BCUT2D eigenvalue weighted by molar-refractivity contribution is 7.80. The number of anilines is 1. The van der Waals surface area contributed by atoms with Gasteiger partial charge in [-0.25, -0.2) is 14.0 Å². The van der Waals surface area contributed by atoms with Crippen molar-refractivity contribution in [3.8, 4) is 0 Å². The second-order valence-electron chi connectivity index (χ2n) is 2.08. The highest BCUT2D eigenvalue weighted by atomic mass is 32.2. The number of nitrogens with one attached hydrogen (secondary N) is 1. The maximum atomic E-state index is 10.7. The van der Waals surface area contributed by atoms with Gasteiger partial charge in [-0.1, -0.05) is 18.2 Å². The van der Waals surface area contributed by atoms with E-state index >= 15 is 0 Å². The van der Waals surface area contributed by atoms with Crippen molar-refractivity contribution in [2.45, 2.75) is 0 Å². The van der Waals surface area contributed by atoms with Crippen molar-refractivity contribution in [2.24, 2.45) is 0 Å². The molecule has 0 aliphatic rings. The first-order chi connectivity index (χ1) is 5.75. The standard InChI is InChI=1S/C7H10N2O2S/c1-8-9(12(10)11)7-5-3-2-4-6-7/h2-6,8H,1H3,(H,10,11). The van der Waals surface area contributed by atoms with Crippen molar-refractivity contribution in [1.82, 2.24) is 5.43 Å². The first-order valence-corrected chi connectivity index (χ1v) is 4.45. The van der Waals surface area contributed by atoms with Crippen molar-refractivity contribution in [3.05, 3.63) is 30.3 Å². The van der Waals surface area contributed by atoms with Gasteiger partial charge in [0, 0.05) is 7.05 Å². The van der Waals surface area contributed by atoms with Gasteiger partial charge < -0.3 is 0 Å². The van der Waals surface area contributed by atoms with Crippen molar-refractivity contribution >= 4 is 17.0 Å². The van der Waals surface area contributed by atoms with Crippen molar-refractivity contribution in [1.29, 1.82) is 0 Å². The average Bonchev–Trinajstić information content (AvgIpc) is 2.07. The molecule has 5 heteroatoms. The zero-order valence-corrected chi connectivity index (χ0v) is 7.41. The molecule has 0 fully saturated rings. The minimum Gasteiger partial charge on any atom is -0.288 e. The molecule has 0 aliphatic heterocycles. The molecule has 0 bridgehead atoms. The lowest BCUT2D eigenvalue weighted by Gasteiger charge is -2.17. The first-order valence-electron chi connectivity index (χ1n) is 3.39. The molecule has 1 aromatic rings. The van der Waals surface area contributed by atoms with Crippen LogP contribution < -0.4 is 9.84 Å². The van der Waals surface area contributed by atoms with E-state index in [0.717, 1.165) is 4.41 Å². The summed E-state index contributed by atoms with van der Waals surface area (Å²) >= 11 is -2.03. The molecule has 0 saturated carbocycles. The summed E-state index contributed by atoms with van der Waals surface area (Å²) in [6.45, 7) is 0. The van der Waals surface area contributed by atoms with Crippen LogP contribution in [-0.2, 0) is 11.3 Å². The number of nitrogens with zero attached hydrogens (tertiary/aromatic N) is 1. The Morgan fingerprint density at radius 2 is 2.00 bits per heavy atom. The fourth-order valence-corrected chi connectivity index (χ4v) is 1.32. The van der Waals surface area contributed by atoms with Crippen molar-refractivity contribution in [2.75, 3.05) is 11.5 Å². The van der Waals surface area contributed by atoms with E-state index in [-0.39, 0.29) is 0 Å². The monoisotopic (exact) mass is 186 g/mol. The number of hydrazine groups is 1. The van der Waals surface area contributed by atoms with Crippen LogP contribution in [0, 0.1) is 0 Å². The molecule has 1 atom stereocenters. The van der Waals surface area contributed by atoms with Gasteiger partial charge in [0.25, 0.3) is 11.3 Å². The van der Waals surface area contributed by atoms with Crippen LogP contribution in [0.5, 0.6) is 0 Å². The molecule has 66 valence electrons. The van der Waals surface area contributed by atoms with Crippen molar-refractivity contribution in [3.63, 3.8) is 0 Å². The molecule has 4 nitrogen and oxygen atoms in total. The van der Waals surface area contributed by atoms with E-state index in [1.54, 1.807) is 31.3 Å². The molecular formula is C7H10N2O2S. The Bertz CT molecular complexity index is 265. The van der Waals surface area contributed by atoms with Gasteiger partial charge in [-0.2, -0.15) is 0 Å². The number of rotatable bonds is 3. The molecule has 12 heavy (non-hydrogen) atoms. The van der Waals surface area contributed by atoms with Crippen molar-refractivity contribution < 1.29 is 8.76 Å². The average molecular weight is 186 g/mol. The third kappa shape index (κ3) is 2.04. The molecule has 0 aliphatic carbocycles. The molecule has 0 spiro atoms. The minimum absolute atomic E-state index is 0.654. The largest absolute Gasteiger partial charge is 0.288 e. The molecular weight excluding hydrogens is 176 g/mol. The fraction of sp³-hybridized carbons (Fsp3) is 0.143. The SMILES string of the molecule is CNN(c1ccccc1)S(=O)O. The van der Waals surface area contributed by atoms with Gasteiger partial charge in [0.1, 0.15) is 0 Å². The smallest absolute Gasteiger partial charge is 0.276 e. The summed E-state index contributed by atoms with van der Waals surface area (Å²) in [7, 11) is 1.58. The molecule has 0 aromatic heterocycles. The maximum absolute atomic E-state index is 10.7. The highest BCUT2D eigenvalue weighted by Gasteiger charge is 2.07. The van der Waals surface area contributed by atoms with E-state index in [1.807, 2.05) is 6.07 Å². The summed E-state index contributed by atoms with van der Waals surface area (Å²) < 4.78 is 20.7. The summed E-state index contributed by atoms with van der Waals surface area (Å²) in [5, 5.41) is 0. The van der Waals surface area contributed by atoms with Gasteiger partial charge >= 0.3 is 0 Å². The first kappa shape index (κ1) is 9.18. The lowest BCUT2D eigenvalue weighted by atomic mass is 10.3. The number of hydrogen-bond acceptors (Lipinski definition) is 2. The Morgan fingerprint density at radius 3 is 2.42 bits per heavy atom. The fourth-order valence-electron chi connectivity index (χ4n) is 0.861. The zero-order chi connectivity index (χ0) is 8.97. The predicted octanol–water partition coefficient (Wildman–Crippen LogP) is 0.764. The number of hydrogen-bond donors (Lipinski definition) is 2. The van der Waals surface area contributed by atoms with E-state index in [1.165, 1.54) is 0 Å². The van der Waals surface area contributed by atoms with E-state index in [0.29, 0.717) is 5.69 Å². The van der Waals surface area contributed by atoms with Crippen LogP contribution in [0.2, 0.25) is 0 Å². The third-order valence-electron chi connectivity index (χ3n) is 1.35. The van der Waals surface area contributed by atoms with Crippen LogP contribution >= 0.6 is 0 Å². The van der Waals surface area contributed by atoms with Crippen LogP contribution in [0.4, 0.5) is 5.69 Å². The van der Waals surface area contributed by atoms with Crippen LogP contribution in [0.25, 0.3) is 0 Å². The molecule has 1 unspecified atom stereocenters. The van der Waals surface area contributed by atoms with Crippen LogP contribution in [0.15, 0.2) is 30.3 Å². The highest BCUT2D eigenvalue weighted by Crippen LogP contribution is 2.10. The second-order valence-corrected chi connectivity index (χ2v) is 2.91. The molecule has 2 N–H and O–H groups in total. The zero-order valence-electron chi connectivity index (χ0n) is 6.60. The number of benzene rings is 1. The maximum Gasteiger partial charge on any atom is 0.276 e. The van der Waals surface area contributed by atoms with Crippen LogP contribution in [0.1, 0.15) is 0 Å². The molecule has 0 saturated heterocycles. The number of para-hydroxylation sites is 1. The van der Waals surface area contributed by atoms with Gasteiger partial charge in [-0.15, -0.1) is 0 Å². The van der Waals surface area contributed by atoms with Gasteiger partial charge in [-0.3, -0.25) is 4.55 Å². The predicted molar refractivity (Wildman–Crippen MR) is 48.8 cm³/mol. The van der Waals surface area contributed by atoms with Crippen LogP contribution in [0.3, 0.4) is 0 Å². The van der Waals surface area contributed by atoms with Gasteiger partial charge in [0.15, 0.2) is 0 Å². The van der Waals surface area contributed by atoms with Gasteiger partial charge in [0.05, 0.1) is 5.69 Å². The summed E-state index contributed by atoms with van der Waals surface area (Å²) in [5.74, 6) is 0. The Kier molecular flexibility index (Phi) is 3.21. The van der Waals surface area contributed by atoms with E-state index in [4.69, 9.17) is 4.55 Å². The normalized spacial score (nSPS) is 12.5. The van der Waals surface area contributed by atoms with E-state index in [9.17, 15) is 4.21 Å². The second kappa shape index (κ2) is 4.20. The summed E-state index contributed by atoms with van der Waals surface area (Å²) in [6.07, 6.45) is 0. The van der Waals surface area contributed by atoms with Crippen LogP contribution in [-0.4, -0.2) is 15.8 Å². The molecule has 1 rings (SSSR count). The van der Waals surface area contributed by atoms with E-state index < -0.39 is 11.3 Å². The van der Waals surface area contributed by atoms with Gasteiger partial charge in [0.2, 0.25) is 0 Å². The molecule has 0 amide bonds. The molecule has 1 aromatic carbocycles.